The Morgan fingerprint density at radius 2 is 1.30 bits per heavy atom. The van der Waals surface area contributed by atoms with Crippen molar-refractivity contribution >= 4 is 0 Å². The van der Waals surface area contributed by atoms with E-state index < -0.39 is 0 Å². The molecule has 0 aliphatic heterocycles. The third-order valence-electron chi connectivity index (χ3n) is 5.19. The second kappa shape index (κ2) is 17.1. The van der Waals surface area contributed by atoms with E-state index in [2.05, 4.69) is 13.0 Å². The molecule has 0 saturated heterocycles. The first-order chi connectivity index (χ1) is 13.2. The molecule has 0 amide bonds. The van der Waals surface area contributed by atoms with E-state index in [0.29, 0.717) is 6.61 Å². The first kappa shape index (κ1) is 24.0. The molecule has 2 atom stereocenters. The monoisotopic (exact) mass is 375 g/mol. The van der Waals surface area contributed by atoms with Gasteiger partial charge in [0.2, 0.25) is 0 Å². The summed E-state index contributed by atoms with van der Waals surface area (Å²) in [6, 6.07) is 10.7. The van der Waals surface area contributed by atoms with Crippen LogP contribution >= 0.6 is 0 Å². The molecular weight excluding hydrogens is 332 g/mol. The molecule has 0 fully saturated rings. The molecule has 1 radical (unpaired) electrons. The maximum Gasteiger partial charge on any atom is 0.119 e. The Hall–Kier alpha value is -1.06. The molecule has 0 spiro atoms. The van der Waals surface area contributed by atoms with Crippen LogP contribution in [-0.2, 0) is 0 Å². The van der Waals surface area contributed by atoms with Gasteiger partial charge in [0.05, 0.1) is 0 Å². The molecule has 0 saturated carbocycles. The summed E-state index contributed by atoms with van der Waals surface area (Å²) in [4.78, 5) is 0. The van der Waals surface area contributed by atoms with Gasteiger partial charge in [-0.3, -0.25) is 0 Å². The zero-order valence-electron chi connectivity index (χ0n) is 17.6. The number of hydrogen-bond acceptors (Lipinski definition) is 3. The van der Waals surface area contributed by atoms with Crippen molar-refractivity contribution < 1.29 is 4.74 Å². The van der Waals surface area contributed by atoms with E-state index in [1.54, 1.807) is 0 Å². The van der Waals surface area contributed by atoms with Crippen molar-refractivity contribution in [2.24, 2.45) is 11.5 Å². The lowest BCUT2D eigenvalue weighted by Crippen LogP contribution is -2.35. The van der Waals surface area contributed by atoms with Crippen LogP contribution in [-0.4, -0.2) is 18.7 Å². The Kier molecular flexibility index (Phi) is 15.2. The lowest BCUT2D eigenvalue weighted by atomic mass is 10.0. The predicted molar refractivity (Wildman–Crippen MR) is 117 cm³/mol. The zero-order chi connectivity index (χ0) is 19.6. The van der Waals surface area contributed by atoms with Crippen molar-refractivity contribution in [3.63, 3.8) is 0 Å². The SMILES string of the molecule is CCCCCCCCCCCCCCC(N)CC(N)COc1cc[c]cc1. The summed E-state index contributed by atoms with van der Waals surface area (Å²) in [6.07, 6.45) is 18.5. The van der Waals surface area contributed by atoms with Crippen LogP contribution < -0.4 is 16.2 Å². The Labute approximate surface area is 168 Å². The van der Waals surface area contributed by atoms with E-state index in [1.165, 1.54) is 77.0 Å². The molecule has 3 heteroatoms. The molecular formula is C24H43N2O. The smallest absolute Gasteiger partial charge is 0.119 e. The van der Waals surface area contributed by atoms with Crippen molar-refractivity contribution in [3.05, 3.63) is 30.3 Å². The van der Waals surface area contributed by atoms with Gasteiger partial charge in [0.15, 0.2) is 0 Å². The summed E-state index contributed by atoms with van der Waals surface area (Å²) in [5.41, 5.74) is 12.4. The Balaban J connectivity index is 1.87. The van der Waals surface area contributed by atoms with Crippen LogP contribution in [0.1, 0.15) is 96.8 Å². The van der Waals surface area contributed by atoms with Crippen molar-refractivity contribution in [1.82, 2.24) is 0 Å². The quantitative estimate of drug-likeness (QED) is 0.309. The van der Waals surface area contributed by atoms with Crippen LogP contribution in [0, 0.1) is 6.07 Å². The fourth-order valence-electron chi connectivity index (χ4n) is 3.49. The zero-order valence-corrected chi connectivity index (χ0v) is 17.6. The number of ether oxygens (including phenoxy) is 1. The normalized spacial score (nSPS) is 13.4. The molecule has 4 N–H and O–H groups in total. The number of unbranched alkanes of at least 4 members (excludes halogenated alkanes) is 11. The van der Waals surface area contributed by atoms with E-state index in [-0.39, 0.29) is 12.1 Å². The van der Waals surface area contributed by atoms with E-state index in [4.69, 9.17) is 16.2 Å². The number of benzene rings is 1. The third kappa shape index (κ3) is 14.6. The Morgan fingerprint density at radius 1 is 0.778 bits per heavy atom. The van der Waals surface area contributed by atoms with E-state index in [1.807, 2.05) is 24.3 Å². The van der Waals surface area contributed by atoms with E-state index in [9.17, 15) is 0 Å². The maximum atomic E-state index is 6.23. The fourth-order valence-corrected chi connectivity index (χ4v) is 3.49. The predicted octanol–water partition coefficient (Wildman–Crippen LogP) is 6.00. The van der Waals surface area contributed by atoms with E-state index in [0.717, 1.165) is 18.6 Å². The minimum absolute atomic E-state index is 0.00140. The van der Waals surface area contributed by atoms with Gasteiger partial charge in [-0.2, -0.15) is 0 Å². The number of nitrogens with two attached hydrogens (primary N) is 2. The summed E-state index contributed by atoms with van der Waals surface area (Å²) >= 11 is 0. The van der Waals surface area contributed by atoms with E-state index >= 15 is 0 Å². The van der Waals surface area contributed by atoms with Crippen LogP contribution in [0.4, 0.5) is 0 Å². The highest BCUT2D eigenvalue weighted by Gasteiger charge is 2.10. The average molecular weight is 376 g/mol. The van der Waals surface area contributed by atoms with Crippen molar-refractivity contribution in [2.75, 3.05) is 6.61 Å². The highest BCUT2D eigenvalue weighted by atomic mass is 16.5. The van der Waals surface area contributed by atoms with Gasteiger partial charge in [0.1, 0.15) is 12.4 Å². The largest absolute Gasteiger partial charge is 0.492 e. The molecule has 0 aliphatic carbocycles. The van der Waals surface area contributed by atoms with Crippen LogP contribution in [0.2, 0.25) is 0 Å². The highest BCUT2D eigenvalue weighted by molar-refractivity contribution is 5.20. The summed E-state index contributed by atoms with van der Waals surface area (Å²) < 4.78 is 5.69. The Morgan fingerprint density at radius 3 is 1.85 bits per heavy atom. The first-order valence-electron chi connectivity index (χ1n) is 11.3. The van der Waals surface area contributed by atoms with Crippen molar-refractivity contribution in [3.8, 4) is 5.75 Å². The molecule has 2 unspecified atom stereocenters. The summed E-state index contributed by atoms with van der Waals surface area (Å²) in [5.74, 6) is 0.846. The second-order valence-corrected chi connectivity index (χ2v) is 7.98. The molecule has 0 aromatic heterocycles. The minimum Gasteiger partial charge on any atom is -0.492 e. The lowest BCUT2D eigenvalue weighted by molar-refractivity contribution is 0.273. The topological polar surface area (TPSA) is 61.3 Å². The van der Waals surface area contributed by atoms with Gasteiger partial charge in [-0.15, -0.1) is 0 Å². The van der Waals surface area contributed by atoms with Gasteiger partial charge < -0.3 is 16.2 Å². The molecule has 1 aromatic carbocycles. The number of hydrogen-bond donors (Lipinski definition) is 2. The van der Waals surface area contributed by atoms with Crippen LogP contribution in [0.3, 0.4) is 0 Å². The minimum atomic E-state index is 0.00140. The molecule has 1 rings (SSSR count). The third-order valence-corrected chi connectivity index (χ3v) is 5.19. The van der Waals surface area contributed by atoms with Crippen LogP contribution in [0.25, 0.3) is 0 Å². The maximum absolute atomic E-state index is 6.23. The molecule has 27 heavy (non-hydrogen) atoms. The molecule has 0 aliphatic rings. The standard InChI is InChI=1S/C24H43N2O/c1-2-3-4-5-6-7-8-9-10-11-12-14-17-22(25)20-23(26)21-27-24-18-15-13-16-19-24/h15-16,18-19,22-23H,2-12,14,17,20-21,25-26H2,1H3. The Bertz CT molecular complexity index is 424. The van der Waals surface area contributed by atoms with Crippen LogP contribution in [0.15, 0.2) is 24.3 Å². The average Bonchev–Trinajstić information content (AvgIpc) is 2.68. The molecule has 0 heterocycles. The van der Waals surface area contributed by atoms with Gasteiger partial charge in [0, 0.05) is 12.1 Å². The van der Waals surface area contributed by atoms with Crippen LogP contribution in [0.5, 0.6) is 5.75 Å². The molecule has 1 aromatic rings. The summed E-state index contributed by atoms with van der Waals surface area (Å²) in [6.45, 7) is 2.80. The number of rotatable bonds is 18. The lowest BCUT2D eigenvalue weighted by Gasteiger charge is -2.18. The van der Waals surface area contributed by atoms with Crippen molar-refractivity contribution in [2.45, 2.75) is 109 Å². The molecule has 155 valence electrons. The van der Waals surface area contributed by atoms with Gasteiger partial charge in [-0.25, -0.2) is 0 Å². The summed E-state index contributed by atoms with van der Waals surface area (Å²) in [5, 5.41) is 0. The van der Waals surface area contributed by atoms with Crippen molar-refractivity contribution in [1.29, 1.82) is 0 Å². The fraction of sp³-hybridized carbons (Fsp3) is 0.750. The first-order valence-corrected chi connectivity index (χ1v) is 11.3. The summed E-state index contributed by atoms with van der Waals surface area (Å²) in [7, 11) is 0. The second-order valence-electron chi connectivity index (χ2n) is 7.98. The van der Waals surface area contributed by atoms with Gasteiger partial charge >= 0.3 is 0 Å². The van der Waals surface area contributed by atoms with Gasteiger partial charge in [-0.05, 0) is 31.0 Å². The van der Waals surface area contributed by atoms with Gasteiger partial charge in [-0.1, -0.05) is 96.1 Å². The highest BCUT2D eigenvalue weighted by Crippen LogP contribution is 2.14. The molecule has 0 bridgehead atoms. The van der Waals surface area contributed by atoms with Gasteiger partial charge in [0.25, 0.3) is 0 Å². The molecule has 3 nitrogen and oxygen atoms in total.